The zero-order valence-corrected chi connectivity index (χ0v) is 15.8. The van der Waals surface area contributed by atoms with Crippen molar-refractivity contribution in [3.8, 4) is 5.75 Å². The molecule has 27 heavy (non-hydrogen) atoms. The first kappa shape index (κ1) is 18.0. The lowest BCUT2D eigenvalue weighted by molar-refractivity contribution is 0.0300. The Morgan fingerprint density at radius 2 is 2.00 bits per heavy atom. The third-order valence-corrected chi connectivity index (χ3v) is 7.17. The van der Waals surface area contributed by atoms with Gasteiger partial charge in [-0.2, -0.15) is 0 Å². The van der Waals surface area contributed by atoms with E-state index in [2.05, 4.69) is 14.9 Å². The molecule has 0 unspecified atom stereocenters. The van der Waals surface area contributed by atoms with Crippen molar-refractivity contribution in [2.24, 2.45) is 0 Å². The third-order valence-electron chi connectivity index (χ3n) is 5.47. The van der Waals surface area contributed by atoms with Gasteiger partial charge in [0.25, 0.3) is 5.91 Å². The molecule has 2 aliphatic heterocycles. The van der Waals surface area contributed by atoms with E-state index in [-0.39, 0.29) is 34.8 Å². The highest BCUT2D eigenvalue weighted by Gasteiger charge is 2.48. The van der Waals surface area contributed by atoms with Crippen LogP contribution in [0.1, 0.15) is 21.7 Å². The number of hydrogen-bond acceptors (Lipinski definition) is 6. The standard InChI is InChI=1S/C18H22N4O4S/c1-12-14(20-11-19-12)8-21-6-7-22(16-10-27(25,26)9-15(16)21)18(24)13-4-2-3-5-17(13)23/h2-5,11,15-16,23H,6-10H2,1H3,(H,19,20)/t15-,16+/m0/s1. The first-order chi connectivity index (χ1) is 12.9. The number of imidazole rings is 1. The van der Waals surface area contributed by atoms with Crippen LogP contribution in [0.4, 0.5) is 0 Å². The van der Waals surface area contributed by atoms with E-state index in [1.165, 1.54) is 6.07 Å². The summed E-state index contributed by atoms with van der Waals surface area (Å²) in [5, 5.41) is 10.0. The molecule has 2 aliphatic rings. The monoisotopic (exact) mass is 390 g/mol. The highest BCUT2D eigenvalue weighted by Crippen LogP contribution is 2.30. The van der Waals surface area contributed by atoms with Gasteiger partial charge < -0.3 is 15.0 Å². The first-order valence-corrected chi connectivity index (χ1v) is 10.7. The Morgan fingerprint density at radius 3 is 2.70 bits per heavy atom. The Kier molecular flexibility index (Phi) is 4.43. The lowest BCUT2D eigenvalue weighted by Gasteiger charge is -2.43. The molecule has 9 heteroatoms. The molecule has 2 N–H and O–H groups in total. The fraction of sp³-hybridized carbons (Fsp3) is 0.444. The quantitative estimate of drug-likeness (QED) is 0.793. The number of nitrogens with zero attached hydrogens (tertiary/aromatic N) is 3. The lowest BCUT2D eigenvalue weighted by Crippen LogP contribution is -2.60. The van der Waals surface area contributed by atoms with Crippen LogP contribution in [-0.4, -0.2) is 75.9 Å². The number of phenols is 1. The molecule has 1 aromatic heterocycles. The number of aromatic hydroxyl groups is 1. The van der Waals surface area contributed by atoms with Gasteiger partial charge in [0.2, 0.25) is 0 Å². The smallest absolute Gasteiger partial charge is 0.257 e. The van der Waals surface area contributed by atoms with Crippen molar-refractivity contribution in [1.82, 2.24) is 19.8 Å². The van der Waals surface area contributed by atoms with E-state index in [9.17, 15) is 18.3 Å². The van der Waals surface area contributed by atoms with Crippen LogP contribution >= 0.6 is 0 Å². The number of aromatic nitrogens is 2. The lowest BCUT2D eigenvalue weighted by atomic mass is 10.0. The minimum Gasteiger partial charge on any atom is -0.507 e. The van der Waals surface area contributed by atoms with Gasteiger partial charge in [-0.1, -0.05) is 12.1 Å². The number of benzene rings is 1. The van der Waals surface area contributed by atoms with Gasteiger partial charge in [-0.3, -0.25) is 9.69 Å². The molecule has 0 saturated carbocycles. The van der Waals surface area contributed by atoms with Crippen molar-refractivity contribution < 1.29 is 18.3 Å². The average Bonchev–Trinajstić information content (AvgIpc) is 3.17. The second kappa shape index (κ2) is 6.65. The topological polar surface area (TPSA) is 107 Å². The predicted molar refractivity (Wildman–Crippen MR) is 99.1 cm³/mol. The summed E-state index contributed by atoms with van der Waals surface area (Å²) in [5.41, 5.74) is 2.05. The molecule has 1 amide bonds. The molecule has 0 aliphatic carbocycles. The molecule has 8 nitrogen and oxygen atoms in total. The van der Waals surface area contributed by atoms with Crippen LogP contribution in [0.2, 0.25) is 0 Å². The largest absolute Gasteiger partial charge is 0.507 e. The van der Waals surface area contributed by atoms with E-state index in [1.54, 1.807) is 29.4 Å². The molecule has 3 heterocycles. The van der Waals surface area contributed by atoms with Crippen LogP contribution < -0.4 is 0 Å². The van der Waals surface area contributed by atoms with Gasteiger partial charge in [-0.05, 0) is 19.1 Å². The molecule has 1 aromatic carbocycles. The minimum absolute atomic E-state index is 0.0334. The maximum Gasteiger partial charge on any atom is 0.257 e. The second-order valence-corrected chi connectivity index (χ2v) is 9.33. The van der Waals surface area contributed by atoms with Crippen molar-refractivity contribution >= 4 is 15.7 Å². The molecular weight excluding hydrogens is 368 g/mol. The molecule has 4 rings (SSSR count). The zero-order chi connectivity index (χ0) is 19.2. The number of nitrogens with one attached hydrogen (secondary N) is 1. The normalized spacial score (nSPS) is 24.7. The highest BCUT2D eigenvalue weighted by molar-refractivity contribution is 7.91. The summed E-state index contributed by atoms with van der Waals surface area (Å²) in [6.07, 6.45) is 1.63. The molecule has 0 spiro atoms. The predicted octanol–water partition coefficient (Wildman–Crippen LogP) is 0.547. The number of rotatable bonds is 3. The average molecular weight is 390 g/mol. The number of aryl methyl sites for hydroxylation is 1. The molecule has 0 bridgehead atoms. The number of carbonyl (C=O) groups excluding carboxylic acids is 1. The molecule has 2 fully saturated rings. The van der Waals surface area contributed by atoms with Gasteiger partial charge in [0.15, 0.2) is 9.84 Å². The molecule has 144 valence electrons. The number of aromatic amines is 1. The SMILES string of the molecule is Cc1[nH]cnc1CN1CCN(C(=O)c2ccccc2O)[C@@H]2CS(=O)(=O)C[C@@H]21. The van der Waals surface area contributed by atoms with E-state index in [4.69, 9.17) is 0 Å². The molecule has 2 aromatic rings. The van der Waals surface area contributed by atoms with E-state index >= 15 is 0 Å². The van der Waals surface area contributed by atoms with Crippen molar-refractivity contribution in [2.45, 2.75) is 25.6 Å². The number of amides is 1. The fourth-order valence-corrected chi connectivity index (χ4v) is 6.03. The van der Waals surface area contributed by atoms with Crippen LogP contribution in [0.3, 0.4) is 0 Å². The Bertz CT molecular complexity index is 971. The Balaban J connectivity index is 1.61. The number of phenolic OH excluding ortho intramolecular Hbond substituents is 1. The van der Waals surface area contributed by atoms with E-state index in [0.29, 0.717) is 19.6 Å². The van der Waals surface area contributed by atoms with E-state index in [1.807, 2.05) is 6.92 Å². The highest BCUT2D eigenvalue weighted by atomic mass is 32.2. The number of hydrogen-bond donors (Lipinski definition) is 2. The van der Waals surface area contributed by atoms with Crippen molar-refractivity contribution in [3.63, 3.8) is 0 Å². The van der Waals surface area contributed by atoms with E-state index < -0.39 is 15.9 Å². The number of carbonyl (C=O) groups is 1. The number of piperazine rings is 1. The summed E-state index contributed by atoms with van der Waals surface area (Å²) in [5.74, 6) is -0.427. The van der Waals surface area contributed by atoms with Crippen molar-refractivity contribution in [3.05, 3.63) is 47.5 Å². The first-order valence-electron chi connectivity index (χ1n) is 8.88. The fourth-order valence-electron chi connectivity index (χ4n) is 4.02. The van der Waals surface area contributed by atoms with Gasteiger partial charge in [0.05, 0.1) is 35.1 Å². The number of fused-ring (bicyclic) bond motifs is 1. The number of H-pyrrole nitrogens is 1. The van der Waals surface area contributed by atoms with Crippen LogP contribution in [0.15, 0.2) is 30.6 Å². The Morgan fingerprint density at radius 1 is 1.26 bits per heavy atom. The van der Waals surface area contributed by atoms with Crippen molar-refractivity contribution in [2.75, 3.05) is 24.6 Å². The summed E-state index contributed by atoms with van der Waals surface area (Å²) in [6, 6.07) is 5.68. The van der Waals surface area contributed by atoms with Gasteiger partial charge in [-0.15, -0.1) is 0 Å². The summed E-state index contributed by atoms with van der Waals surface area (Å²) in [7, 11) is -3.24. The van der Waals surface area contributed by atoms with Crippen LogP contribution in [0.5, 0.6) is 5.75 Å². The van der Waals surface area contributed by atoms with Crippen LogP contribution in [-0.2, 0) is 16.4 Å². The zero-order valence-electron chi connectivity index (χ0n) is 15.0. The summed E-state index contributed by atoms with van der Waals surface area (Å²) < 4.78 is 24.7. The summed E-state index contributed by atoms with van der Waals surface area (Å²) >= 11 is 0. The van der Waals surface area contributed by atoms with Crippen LogP contribution in [0.25, 0.3) is 0 Å². The summed E-state index contributed by atoms with van der Waals surface area (Å²) in [4.78, 5) is 24.1. The van der Waals surface area contributed by atoms with Gasteiger partial charge in [-0.25, -0.2) is 13.4 Å². The maximum absolute atomic E-state index is 13.0. The molecule has 0 radical (unpaired) electrons. The second-order valence-electron chi connectivity index (χ2n) is 7.17. The summed E-state index contributed by atoms with van der Waals surface area (Å²) in [6.45, 7) is 3.45. The number of para-hydroxylation sites is 1. The Hall–Kier alpha value is -2.39. The molecular formula is C18H22N4O4S. The van der Waals surface area contributed by atoms with Crippen molar-refractivity contribution in [1.29, 1.82) is 0 Å². The van der Waals surface area contributed by atoms with Gasteiger partial charge >= 0.3 is 0 Å². The Labute approximate surface area is 157 Å². The van der Waals surface area contributed by atoms with Gasteiger partial charge in [0, 0.05) is 31.4 Å². The minimum atomic E-state index is -3.24. The van der Waals surface area contributed by atoms with E-state index in [0.717, 1.165) is 11.4 Å². The van der Waals surface area contributed by atoms with Gasteiger partial charge in [0.1, 0.15) is 5.75 Å². The van der Waals surface area contributed by atoms with Crippen LogP contribution in [0, 0.1) is 6.92 Å². The molecule has 2 saturated heterocycles. The third kappa shape index (κ3) is 3.32. The number of sulfone groups is 1. The maximum atomic E-state index is 13.0. The molecule has 2 atom stereocenters.